The molecule has 4 nitrogen and oxygen atoms in total. The zero-order valence-corrected chi connectivity index (χ0v) is 12.1. The van der Waals surface area contributed by atoms with E-state index < -0.39 is 0 Å². The molecular weight excluding hydrogens is 264 g/mol. The molecule has 0 heterocycles. The molecule has 2 aromatic carbocycles. The van der Waals surface area contributed by atoms with Crippen LogP contribution < -0.4 is 15.4 Å². The minimum atomic E-state index is -0.174. The van der Waals surface area contributed by atoms with E-state index in [4.69, 9.17) is 4.74 Å². The molecule has 0 spiro atoms. The van der Waals surface area contributed by atoms with E-state index in [9.17, 15) is 4.79 Å². The minimum absolute atomic E-state index is 0.174. The van der Waals surface area contributed by atoms with E-state index in [2.05, 4.69) is 16.7 Å². The number of nitrogens with one attached hydrogen (secondary N) is 2. The molecule has 2 rings (SSSR count). The second-order valence-corrected chi connectivity index (χ2v) is 4.70. The zero-order chi connectivity index (χ0) is 14.9. The molecule has 0 fully saturated rings. The average molecular weight is 284 g/mol. The molecule has 0 radical (unpaired) electrons. The lowest BCUT2D eigenvalue weighted by Crippen LogP contribution is -2.29. The Morgan fingerprint density at radius 3 is 2.67 bits per heavy atom. The van der Waals surface area contributed by atoms with Crippen molar-refractivity contribution in [3.63, 3.8) is 0 Å². The van der Waals surface area contributed by atoms with Crippen LogP contribution in [0.4, 0.5) is 10.5 Å². The first-order valence-electron chi connectivity index (χ1n) is 7.01. The number of amides is 2. The molecule has 21 heavy (non-hydrogen) atoms. The van der Waals surface area contributed by atoms with Crippen LogP contribution in [0.2, 0.25) is 0 Å². The Kier molecular flexibility index (Phi) is 5.64. The molecular formula is C17H20N2O2. The summed E-state index contributed by atoms with van der Waals surface area (Å²) >= 11 is 0. The lowest BCUT2D eigenvalue weighted by molar-refractivity contribution is 0.252. The maximum Gasteiger partial charge on any atom is 0.319 e. The SMILES string of the molecule is COc1cccc(CCCNC(=O)Nc2ccccc2)c1. The molecule has 0 bridgehead atoms. The number of para-hydroxylation sites is 1. The minimum Gasteiger partial charge on any atom is -0.497 e. The summed E-state index contributed by atoms with van der Waals surface area (Å²) in [5.74, 6) is 0.863. The molecule has 0 aromatic heterocycles. The number of benzene rings is 2. The number of hydrogen-bond donors (Lipinski definition) is 2. The van der Waals surface area contributed by atoms with Crippen molar-refractivity contribution in [1.82, 2.24) is 5.32 Å². The Labute approximate surface area is 125 Å². The molecule has 2 amide bonds. The lowest BCUT2D eigenvalue weighted by Gasteiger charge is -2.08. The Morgan fingerprint density at radius 2 is 1.90 bits per heavy atom. The van der Waals surface area contributed by atoms with Gasteiger partial charge < -0.3 is 15.4 Å². The molecule has 2 aromatic rings. The van der Waals surface area contributed by atoms with Gasteiger partial charge >= 0.3 is 6.03 Å². The van der Waals surface area contributed by atoms with Gasteiger partial charge in [-0.05, 0) is 42.7 Å². The van der Waals surface area contributed by atoms with Crippen molar-refractivity contribution in [2.75, 3.05) is 19.0 Å². The van der Waals surface area contributed by atoms with Crippen LogP contribution in [0.25, 0.3) is 0 Å². The topological polar surface area (TPSA) is 50.4 Å². The first-order chi connectivity index (χ1) is 10.3. The van der Waals surface area contributed by atoms with Crippen molar-refractivity contribution in [3.05, 3.63) is 60.2 Å². The highest BCUT2D eigenvalue weighted by Crippen LogP contribution is 2.13. The number of anilines is 1. The van der Waals surface area contributed by atoms with Gasteiger partial charge in [-0.1, -0.05) is 30.3 Å². The molecule has 0 aliphatic heterocycles. The molecule has 2 N–H and O–H groups in total. The average Bonchev–Trinajstić information content (AvgIpc) is 2.53. The Bertz CT molecular complexity index is 570. The van der Waals surface area contributed by atoms with E-state index in [0.29, 0.717) is 6.54 Å². The molecule has 0 unspecified atom stereocenters. The summed E-state index contributed by atoms with van der Waals surface area (Å²) in [5.41, 5.74) is 2.00. The third-order valence-corrected chi connectivity index (χ3v) is 3.09. The van der Waals surface area contributed by atoms with Gasteiger partial charge in [-0.2, -0.15) is 0 Å². The highest BCUT2D eigenvalue weighted by atomic mass is 16.5. The second-order valence-electron chi connectivity index (χ2n) is 4.70. The van der Waals surface area contributed by atoms with E-state index in [0.717, 1.165) is 24.3 Å². The molecule has 0 atom stereocenters. The zero-order valence-electron chi connectivity index (χ0n) is 12.1. The number of carbonyl (C=O) groups excluding carboxylic acids is 1. The van der Waals surface area contributed by atoms with Gasteiger partial charge in [0.05, 0.1) is 7.11 Å². The number of methoxy groups -OCH3 is 1. The third-order valence-electron chi connectivity index (χ3n) is 3.09. The van der Waals surface area contributed by atoms with Crippen molar-refractivity contribution in [2.24, 2.45) is 0 Å². The van der Waals surface area contributed by atoms with Crippen molar-refractivity contribution in [1.29, 1.82) is 0 Å². The van der Waals surface area contributed by atoms with E-state index in [1.54, 1.807) is 7.11 Å². The van der Waals surface area contributed by atoms with Crippen LogP contribution in [0.15, 0.2) is 54.6 Å². The lowest BCUT2D eigenvalue weighted by atomic mass is 10.1. The van der Waals surface area contributed by atoms with Crippen LogP contribution in [0, 0.1) is 0 Å². The van der Waals surface area contributed by atoms with Crippen LogP contribution in [0.3, 0.4) is 0 Å². The van der Waals surface area contributed by atoms with E-state index in [-0.39, 0.29) is 6.03 Å². The predicted molar refractivity (Wildman–Crippen MR) is 84.8 cm³/mol. The van der Waals surface area contributed by atoms with E-state index in [1.807, 2.05) is 48.5 Å². The van der Waals surface area contributed by atoms with E-state index in [1.165, 1.54) is 5.56 Å². The summed E-state index contributed by atoms with van der Waals surface area (Å²) in [6.45, 7) is 0.635. The Balaban J connectivity index is 1.68. The Morgan fingerprint density at radius 1 is 1.10 bits per heavy atom. The summed E-state index contributed by atoms with van der Waals surface area (Å²) in [4.78, 5) is 11.7. The third kappa shape index (κ3) is 5.18. The van der Waals surface area contributed by atoms with Gasteiger partial charge in [0.1, 0.15) is 5.75 Å². The first-order valence-corrected chi connectivity index (χ1v) is 7.01. The monoisotopic (exact) mass is 284 g/mol. The molecule has 0 saturated carbocycles. The number of hydrogen-bond acceptors (Lipinski definition) is 2. The van der Waals surface area contributed by atoms with Crippen LogP contribution in [0.1, 0.15) is 12.0 Å². The van der Waals surface area contributed by atoms with Gasteiger partial charge in [-0.3, -0.25) is 0 Å². The maximum atomic E-state index is 11.7. The van der Waals surface area contributed by atoms with Crippen molar-refractivity contribution >= 4 is 11.7 Å². The normalized spacial score (nSPS) is 9.95. The van der Waals surface area contributed by atoms with Gasteiger partial charge in [0.15, 0.2) is 0 Å². The number of aryl methyl sites for hydroxylation is 1. The maximum absolute atomic E-state index is 11.7. The van der Waals surface area contributed by atoms with Crippen LogP contribution in [-0.4, -0.2) is 19.7 Å². The molecule has 0 aliphatic carbocycles. The molecule has 110 valence electrons. The first kappa shape index (κ1) is 14.9. The Hall–Kier alpha value is -2.49. The highest BCUT2D eigenvalue weighted by Gasteiger charge is 2.01. The largest absolute Gasteiger partial charge is 0.497 e. The summed E-state index contributed by atoms with van der Waals surface area (Å²) in [6.07, 6.45) is 1.79. The molecule has 4 heteroatoms. The smallest absolute Gasteiger partial charge is 0.319 e. The van der Waals surface area contributed by atoms with Gasteiger partial charge in [0.2, 0.25) is 0 Å². The van der Waals surface area contributed by atoms with Gasteiger partial charge in [0.25, 0.3) is 0 Å². The van der Waals surface area contributed by atoms with E-state index >= 15 is 0 Å². The van der Waals surface area contributed by atoms with Crippen molar-refractivity contribution in [2.45, 2.75) is 12.8 Å². The summed E-state index contributed by atoms with van der Waals surface area (Å²) in [7, 11) is 1.66. The highest BCUT2D eigenvalue weighted by molar-refractivity contribution is 5.89. The van der Waals surface area contributed by atoms with Crippen molar-refractivity contribution in [3.8, 4) is 5.75 Å². The number of rotatable bonds is 6. The van der Waals surface area contributed by atoms with Gasteiger partial charge in [-0.15, -0.1) is 0 Å². The van der Waals surface area contributed by atoms with Gasteiger partial charge in [-0.25, -0.2) is 4.79 Å². The number of carbonyl (C=O) groups is 1. The summed E-state index contributed by atoms with van der Waals surface area (Å²) in [6, 6.07) is 17.2. The molecule has 0 saturated heterocycles. The fourth-order valence-corrected chi connectivity index (χ4v) is 2.02. The quantitative estimate of drug-likeness (QED) is 0.798. The van der Waals surface area contributed by atoms with Crippen molar-refractivity contribution < 1.29 is 9.53 Å². The number of urea groups is 1. The van der Waals surface area contributed by atoms with Crippen LogP contribution in [-0.2, 0) is 6.42 Å². The summed E-state index contributed by atoms with van der Waals surface area (Å²) < 4.78 is 5.19. The van der Waals surface area contributed by atoms with Gasteiger partial charge in [0, 0.05) is 12.2 Å². The fourth-order valence-electron chi connectivity index (χ4n) is 2.02. The number of ether oxygens (including phenoxy) is 1. The van der Waals surface area contributed by atoms with Crippen LogP contribution in [0.5, 0.6) is 5.75 Å². The predicted octanol–water partition coefficient (Wildman–Crippen LogP) is 3.45. The molecule has 0 aliphatic rings. The van der Waals surface area contributed by atoms with Crippen LogP contribution >= 0.6 is 0 Å². The second kappa shape index (κ2) is 7.94. The fraction of sp³-hybridized carbons (Fsp3) is 0.235. The summed E-state index contributed by atoms with van der Waals surface area (Å²) in [5, 5.41) is 5.64. The standard InChI is InChI=1S/C17H20N2O2/c1-21-16-11-5-7-14(13-16)8-6-12-18-17(20)19-15-9-3-2-4-10-15/h2-5,7,9-11,13H,6,8,12H2,1H3,(H2,18,19,20).